The molecule has 0 aliphatic heterocycles. The van der Waals surface area contributed by atoms with Crippen LogP contribution in [0.25, 0.3) is 27.7 Å². The van der Waals surface area contributed by atoms with Crippen LogP contribution in [0.15, 0.2) is 71.4 Å². The number of furan rings is 1. The predicted molar refractivity (Wildman–Crippen MR) is 139 cm³/mol. The number of allylic oxidation sites excluding steroid dienone is 1. The van der Waals surface area contributed by atoms with Crippen LogP contribution >= 0.6 is 11.6 Å². The van der Waals surface area contributed by atoms with Gasteiger partial charge in [0.25, 0.3) is 0 Å². The van der Waals surface area contributed by atoms with Crippen LogP contribution in [0.2, 0.25) is 5.02 Å². The summed E-state index contributed by atoms with van der Waals surface area (Å²) in [6, 6.07) is 17.8. The third-order valence-corrected chi connectivity index (χ3v) is 6.20. The molecule has 0 fully saturated rings. The van der Waals surface area contributed by atoms with Crippen LogP contribution in [0, 0.1) is 13.8 Å². The van der Waals surface area contributed by atoms with Gasteiger partial charge < -0.3 is 14.5 Å². The molecule has 0 aliphatic rings. The molecule has 0 saturated heterocycles. The molecule has 0 bridgehead atoms. The van der Waals surface area contributed by atoms with Gasteiger partial charge in [-0.2, -0.15) is 0 Å². The summed E-state index contributed by atoms with van der Waals surface area (Å²) in [5.74, 6) is 0.492. The van der Waals surface area contributed by atoms with Gasteiger partial charge in [0.1, 0.15) is 11.3 Å². The Hall–Kier alpha value is -3.50. The van der Waals surface area contributed by atoms with E-state index in [-0.39, 0.29) is 5.91 Å². The fraction of sp³-hybridized carbons (Fsp3) is 0.207. The molecule has 0 radical (unpaired) electrons. The smallest absolute Gasteiger partial charge is 0.244 e. The highest BCUT2D eigenvalue weighted by molar-refractivity contribution is 6.31. The van der Waals surface area contributed by atoms with Gasteiger partial charge in [-0.3, -0.25) is 4.79 Å². The van der Waals surface area contributed by atoms with E-state index in [1.165, 1.54) is 11.1 Å². The lowest BCUT2D eigenvalue weighted by Gasteiger charge is -2.12. The molecule has 34 heavy (non-hydrogen) atoms. The molecule has 4 rings (SSSR count). The minimum absolute atomic E-state index is 0.193. The van der Waals surface area contributed by atoms with Gasteiger partial charge in [-0.25, -0.2) is 0 Å². The second-order valence-corrected chi connectivity index (χ2v) is 8.79. The number of halogens is 1. The summed E-state index contributed by atoms with van der Waals surface area (Å²) in [5.41, 5.74) is 7.82. The second kappa shape index (κ2) is 10.2. The van der Waals surface area contributed by atoms with E-state index >= 15 is 0 Å². The second-order valence-electron chi connectivity index (χ2n) is 8.38. The molecule has 0 saturated carbocycles. The van der Waals surface area contributed by atoms with Gasteiger partial charge in [0, 0.05) is 40.2 Å². The molecule has 4 nitrogen and oxygen atoms in total. The Kier molecular flexibility index (Phi) is 7.09. The zero-order valence-corrected chi connectivity index (χ0v) is 20.6. The van der Waals surface area contributed by atoms with Gasteiger partial charge in [0.05, 0.1) is 12.9 Å². The zero-order valence-electron chi connectivity index (χ0n) is 19.9. The number of hydrogen-bond donors (Lipinski definition) is 1. The van der Waals surface area contributed by atoms with Crippen LogP contribution in [0.1, 0.15) is 36.1 Å². The van der Waals surface area contributed by atoms with Crippen molar-refractivity contribution in [1.29, 1.82) is 0 Å². The number of ether oxygens (including phenoxy) is 1. The number of hydrogen-bond acceptors (Lipinski definition) is 3. The molecule has 1 amide bonds. The van der Waals surface area contributed by atoms with Gasteiger partial charge in [-0.15, -0.1) is 0 Å². The molecule has 1 heterocycles. The lowest BCUT2D eigenvalue weighted by atomic mass is 9.96. The van der Waals surface area contributed by atoms with Crippen molar-refractivity contribution in [2.45, 2.75) is 34.2 Å². The largest absolute Gasteiger partial charge is 0.493 e. The molecule has 5 heteroatoms. The summed E-state index contributed by atoms with van der Waals surface area (Å²) in [6.45, 7) is 8.91. The summed E-state index contributed by atoms with van der Waals surface area (Å²) in [5, 5.41) is 4.53. The minimum atomic E-state index is -0.193. The number of aryl methyl sites for hydroxylation is 2. The van der Waals surface area contributed by atoms with E-state index in [1.54, 1.807) is 12.3 Å². The number of rotatable bonds is 7. The van der Waals surface area contributed by atoms with Crippen molar-refractivity contribution in [3.63, 3.8) is 0 Å². The maximum Gasteiger partial charge on any atom is 0.244 e. The first-order valence-corrected chi connectivity index (χ1v) is 11.7. The zero-order chi connectivity index (χ0) is 24.2. The van der Waals surface area contributed by atoms with Crippen LogP contribution < -0.4 is 10.1 Å². The SMILES string of the molecule is CCOc1cc2occ(-c3ccc(C)cc3C)c2cc1/C(C)=C/C(=O)NCc1ccccc1Cl. The van der Waals surface area contributed by atoms with Crippen molar-refractivity contribution in [1.82, 2.24) is 5.32 Å². The predicted octanol–water partition coefficient (Wildman–Crippen LogP) is 7.49. The fourth-order valence-electron chi connectivity index (χ4n) is 4.11. The summed E-state index contributed by atoms with van der Waals surface area (Å²) in [7, 11) is 0. The average Bonchev–Trinajstić information content (AvgIpc) is 3.21. The van der Waals surface area contributed by atoms with E-state index in [1.807, 2.05) is 50.2 Å². The highest BCUT2D eigenvalue weighted by Crippen LogP contribution is 2.38. The Balaban J connectivity index is 1.68. The van der Waals surface area contributed by atoms with Crippen LogP contribution in [0.5, 0.6) is 5.75 Å². The molecule has 3 aromatic carbocycles. The molecule has 0 aliphatic carbocycles. The maximum atomic E-state index is 12.7. The van der Waals surface area contributed by atoms with E-state index in [4.69, 9.17) is 20.8 Å². The first-order valence-electron chi connectivity index (χ1n) is 11.3. The molecule has 1 aromatic heterocycles. The molecule has 4 aromatic rings. The molecule has 174 valence electrons. The monoisotopic (exact) mass is 473 g/mol. The lowest BCUT2D eigenvalue weighted by molar-refractivity contribution is -0.116. The minimum Gasteiger partial charge on any atom is -0.493 e. The Morgan fingerprint density at radius 3 is 2.62 bits per heavy atom. The van der Waals surface area contributed by atoms with Crippen molar-refractivity contribution in [3.8, 4) is 16.9 Å². The summed E-state index contributed by atoms with van der Waals surface area (Å²) >= 11 is 6.20. The number of carbonyl (C=O) groups is 1. The third kappa shape index (κ3) is 5.02. The van der Waals surface area contributed by atoms with Crippen LogP contribution in [0.3, 0.4) is 0 Å². The fourth-order valence-corrected chi connectivity index (χ4v) is 4.31. The van der Waals surface area contributed by atoms with E-state index in [0.717, 1.165) is 38.8 Å². The molecule has 0 unspecified atom stereocenters. The quantitative estimate of drug-likeness (QED) is 0.283. The third-order valence-electron chi connectivity index (χ3n) is 5.83. The molecular formula is C29H28ClNO3. The Bertz CT molecular complexity index is 1380. The lowest BCUT2D eigenvalue weighted by Crippen LogP contribution is -2.20. The topological polar surface area (TPSA) is 51.5 Å². The van der Waals surface area contributed by atoms with Crippen LogP contribution in [-0.2, 0) is 11.3 Å². The van der Waals surface area contributed by atoms with Crippen molar-refractivity contribution in [2.24, 2.45) is 0 Å². The standard InChI is InChI=1S/C29H28ClNO3/c1-5-33-27-15-28-24(25(17-34-28)22-11-10-18(2)12-19(22)3)14-23(27)20(4)13-29(32)31-16-21-8-6-7-9-26(21)30/h6-15,17H,5,16H2,1-4H3,(H,31,32)/b20-13+. The summed E-state index contributed by atoms with van der Waals surface area (Å²) < 4.78 is 11.8. The van der Waals surface area contributed by atoms with Crippen molar-refractivity contribution in [3.05, 3.63) is 94.2 Å². The van der Waals surface area contributed by atoms with E-state index in [0.29, 0.717) is 23.9 Å². The van der Waals surface area contributed by atoms with Gasteiger partial charge in [-0.1, -0.05) is 53.6 Å². The van der Waals surface area contributed by atoms with Gasteiger partial charge in [0.2, 0.25) is 5.91 Å². The number of carbonyl (C=O) groups excluding carboxylic acids is 1. The normalized spacial score (nSPS) is 11.6. The number of fused-ring (bicyclic) bond motifs is 1. The highest BCUT2D eigenvalue weighted by atomic mass is 35.5. The molecular weight excluding hydrogens is 446 g/mol. The van der Waals surface area contributed by atoms with E-state index in [2.05, 4.69) is 37.4 Å². The Morgan fingerprint density at radius 2 is 1.88 bits per heavy atom. The van der Waals surface area contributed by atoms with Gasteiger partial charge >= 0.3 is 0 Å². The maximum absolute atomic E-state index is 12.7. The highest BCUT2D eigenvalue weighted by Gasteiger charge is 2.16. The van der Waals surface area contributed by atoms with E-state index < -0.39 is 0 Å². The van der Waals surface area contributed by atoms with E-state index in [9.17, 15) is 4.79 Å². The Labute approximate surface area is 205 Å². The molecule has 1 N–H and O–H groups in total. The summed E-state index contributed by atoms with van der Waals surface area (Å²) in [6.07, 6.45) is 3.38. The molecule has 0 spiro atoms. The molecule has 0 atom stereocenters. The number of benzene rings is 3. The van der Waals surface area contributed by atoms with Gasteiger partial charge in [0.15, 0.2) is 0 Å². The number of nitrogens with one attached hydrogen (secondary N) is 1. The first kappa shape index (κ1) is 23.7. The van der Waals surface area contributed by atoms with Crippen molar-refractivity contribution < 1.29 is 13.9 Å². The van der Waals surface area contributed by atoms with Crippen LogP contribution in [-0.4, -0.2) is 12.5 Å². The van der Waals surface area contributed by atoms with Gasteiger partial charge in [-0.05, 0) is 62.1 Å². The van der Waals surface area contributed by atoms with Crippen molar-refractivity contribution >= 4 is 34.1 Å². The first-order chi connectivity index (χ1) is 16.4. The number of amides is 1. The van der Waals surface area contributed by atoms with Crippen molar-refractivity contribution in [2.75, 3.05) is 6.61 Å². The average molecular weight is 474 g/mol. The summed E-state index contributed by atoms with van der Waals surface area (Å²) in [4.78, 5) is 12.7. The van der Waals surface area contributed by atoms with Crippen LogP contribution in [0.4, 0.5) is 0 Å². The Morgan fingerprint density at radius 1 is 1.09 bits per heavy atom.